The van der Waals surface area contributed by atoms with E-state index in [9.17, 15) is 0 Å². The van der Waals surface area contributed by atoms with E-state index in [1.807, 2.05) is 18.5 Å². The van der Waals surface area contributed by atoms with Gasteiger partial charge < -0.3 is 14.5 Å². The SMILES string of the molecule is c1cnc(N2CCCC23CCN(CC2CCOC2)CC3)nc1. The monoisotopic (exact) mass is 302 g/mol. The first kappa shape index (κ1) is 14.4. The molecule has 3 aliphatic rings. The number of likely N-dealkylation sites (tertiary alicyclic amines) is 1. The van der Waals surface area contributed by atoms with Gasteiger partial charge in [0.05, 0.1) is 6.61 Å². The Morgan fingerprint density at radius 2 is 1.95 bits per heavy atom. The Balaban J connectivity index is 1.40. The molecule has 0 aliphatic carbocycles. The summed E-state index contributed by atoms with van der Waals surface area (Å²) in [7, 11) is 0. The number of aromatic nitrogens is 2. The number of hydrogen-bond donors (Lipinski definition) is 0. The molecule has 0 amide bonds. The van der Waals surface area contributed by atoms with Crippen molar-refractivity contribution in [2.75, 3.05) is 44.3 Å². The van der Waals surface area contributed by atoms with Gasteiger partial charge in [0.2, 0.25) is 5.95 Å². The van der Waals surface area contributed by atoms with Crippen molar-refractivity contribution in [3.8, 4) is 0 Å². The normalized spacial score (nSPS) is 28.5. The van der Waals surface area contributed by atoms with Gasteiger partial charge in [-0.15, -0.1) is 0 Å². The highest BCUT2D eigenvalue weighted by molar-refractivity contribution is 5.37. The van der Waals surface area contributed by atoms with E-state index in [1.54, 1.807) is 0 Å². The van der Waals surface area contributed by atoms with Gasteiger partial charge in [-0.05, 0) is 44.1 Å². The third kappa shape index (κ3) is 2.72. The zero-order valence-corrected chi connectivity index (χ0v) is 13.3. The van der Waals surface area contributed by atoms with E-state index < -0.39 is 0 Å². The Labute approximate surface area is 132 Å². The van der Waals surface area contributed by atoms with Gasteiger partial charge in [-0.1, -0.05) is 0 Å². The van der Waals surface area contributed by atoms with E-state index in [0.717, 1.165) is 31.6 Å². The lowest BCUT2D eigenvalue weighted by Crippen LogP contribution is -2.53. The van der Waals surface area contributed by atoms with Crippen molar-refractivity contribution in [1.29, 1.82) is 0 Å². The zero-order chi connectivity index (χ0) is 14.8. The molecule has 0 saturated carbocycles. The van der Waals surface area contributed by atoms with Gasteiger partial charge in [0.1, 0.15) is 0 Å². The van der Waals surface area contributed by atoms with Crippen LogP contribution in [0.1, 0.15) is 32.1 Å². The molecule has 0 bridgehead atoms. The van der Waals surface area contributed by atoms with Crippen molar-refractivity contribution in [2.45, 2.75) is 37.6 Å². The largest absolute Gasteiger partial charge is 0.381 e. The summed E-state index contributed by atoms with van der Waals surface area (Å²) in [6.07, 6.45) is 10.0. The summed E-state index contributed by atoms with van der Waals surface area (Å²) in [6.45, 7) is 6.67. The molecular formula is C17H26N4O. The fraction of sp³-hybridized carbons (Fsp3) is 0.765. The number of piperidine rings is 1. The standard InChI is InChI=1S/C17H26N4O/c1-4-17(21(9-1)16-18-7-2-8-19-16)5-10-20(11-6-17)13-15-3-12-22-14-15/h2,7-8,15H,1,3-6,9-14H2. The number of anilines is 1. The molecule has 0 N–H and O–H groups in total. The maximum Gasteiger partial charge on any atom is 0.225 e. The second-order valence-electron chi connectivity index (χ2n) is 7.06. The first-order chi connectivity index (χ1) is 10.9. The molecule has 3 fully saturated rings. The van der Waals surface area contributed by atoms with E-state index >= 15 is 0 Å². The van der Waals surface area contributed by atoms with E-state index in [2.05, 4.69) is 19.8 Å². The number of hydrogen-bond acceptors (Lipinski definition) is 5. The van der Waals surface area contributed by atoms with Crippen LogP contribution in [0, 0.1) is 5.92 Å². The van der Waals surface area contributed by atoms with Crippen molar-refractivity contribution in [2.24, 2.45) is 5.92 Å². The molecule has 3 aliphatic heterocycles. The van der Waals surface area contributed by atoms with Gasteiger partial charge >= 0.3 is 0 Å². The summed E-state index contributed by atoms with van der Waals surface area (Å²) in [5, 5.41) is 0. The molecular weight excluding hydrogens is 276 g/mol. The Kier molecular flexibility index (Phi) is 4.01. The van der Waals surface area contributed by atoms with Crippen molar-refractivity contribution in [3.63, 3.8) is 0 Å². The van der Waals surface area contributed by atoms with Crippen LogP contribution in [-0.2, 0) is 4.74 Å². The summed E-state index contributed by atoms with van der Waals surface area (Å²) in [5.41, 5.74) is 0.310. The van der Waals surface area contributed by atoms with Crippen molar-refractivity contribution >= 4 is 5.95 Å². The average Bonchev–Trinajstić information content (AvgIpc) is 3.21. The third-order valence-corrected chi connectivity index (χ3v) is 5.72. The Morgan fingerprint density at radius 3 is 2.68 bits per heavy atom. The Morgan fingerprint density at radius 1 is 1.14 bits per heavy atom. The van der Waals surface area contributed by atoms with E-state index in [1.165, 1.54) is 51.7 Å². The lowest BCUT2D eigenvalue weighted by Gasteiger charge is -2.45. The molecule has 4 heterocycles. The molecule has 1 atom stereocenters. The Hall–Kier alpha value is -1.20. The molecule has 22 heavy (non-hydrogen) atoms. The molecule has 0 radical (unpaired) electrons. The summed E-state index contributed by atoms with van der Waals surface area (Å²) in [4.78, 5) is 14.1. The minimum atomic E-state index is 0.310. The van der Waals surface area contributed by atoms with Gasteiger partial charge in [-0.25, -0.2) is 9.97 Å². The molecule has 5 nitrogen and oxygen atoms in total. The second-order valence-corrected chi connectivity index (χ2v) is 7.06. The quantitative estimate of drug-likeness (QED) is 0.853. The van der Waals surface area contributed by atoms with Crippen LogP contribution in [0.15, 0.2) is 18.5 Å². The summed E-state index contributed by atoms with van der Waals surface area (Å²) < 4.78 is 5.52. The predicted octanol–water partition coefficient (Wildman–Crippen LogP) is 1.95. The molecule has 1 aromatic rings. The van der Waals surface area contributed by atoms with Crippen LogP contribution >= 0.6 is 0 Å². The van der Waals surface area contributed by atoms with Gasteiger partial charge in [-0.2, -0.15) is 0 Å². The summed E-state index contributed by atoms with van der Waals surface area (Å²) in [5.74, 6) is 1.68. The minimum Gasteiger partial charge on any atom is -0.381 e. The predicted molar refractivity (Wildman–Crippen MR) is 85.9 cm³/mol. The fourth-order valence-electron chi connectivity index (χ4n) is 4.45. The van der Waals surface area contributed by atoms with Crippen LogP contribution in [0.3, 0.4) is 0 Å². The molecule has 1 aromatic heterocycles. The van der Waals surface area contributed by atoms with Crippen LogP contribution in [0.2, 0.25) is 0 Å². The summed E-state index contributed by atoms with van der Waals surface area (Å²) >= 11 is 0. The summed E-state index contributed by atoms with van der Waals surface area (Å²) in [6, 6.07) is 1.90. The topological polar surface area (TPSA) is 41.5 Å². The van der Waals surface area contributed by atoms with Gasteiger partial charge in [0.25, 0.3) is 0 Å². The smallest absolute Gasteiger partial charge is 0.225 e. The average molecular weight is 302 g/mol. The fourth-order valence-corrected chi connectivity index (χ4v) is 4.45. The lowest BCUT2D eigenvalue weighted by atomic mass is 9.84. The molecule has 120 valence electrons. The van der Waals surface area contributed by atoms with E-state index in [4.69, 9.17) is 4.74 Å². The molecule has 0 aromatic carbocycles. The van der Waals surface area contributed by atoms with Crippen LogP contribution in [-0.4, -0.2) is 59.8 Å². The van der Waals surface area contributed by atoms with Gasteiger partial charge in [0, 0.05) is 50.7 Å². The Bertz CT molecular complexity index is 481. The molecule has 1 unspecified atom stereocenters. The lowest BCUT2D eigenvalue weighted by molar-refractivity contribution is 0.129. The third-order valence-electron chi connectivity index (χ3n) is 5.72. The highest BCUT2D eigenvalue weighted by Gasteiger charge is 2.44. The minimum absolute atomic E-state index is 0.310. The van der Waals surface area contributed by atoms with Crippen LogP contribution in [0.25, 0.3) is 0 Å². The van der Waals surface area contributed by atoms with Crippen LogP contribution in [0.5, 0.6) is 0 Å². The highest BCUT2D eigenvalue weighted by Crippen LogP contribution is 2.40. The van der Waals surface area contributed by atoms with Crippen LogP contribution < -0.4 is 4.90 Å². The maximum absolute atomic E-state index is 5.52. The number of nitrogens with zero attached hydrogens (tertiary/aromatic N) is 4. The van der Waals surface area contributed by atoms with E-state index in [-0.39, 0.29) is 0 Å². The molecule has 3 saturated heterocycles. The number of ether oxygens (including phenoxy) is 1. The van der Waals surface area contributed by atoms with Crippen molar-refractivity contribution in [3.05, 3.63) is 18.5 Å². The van der Waals surface area contributed by atoms with Crippen molar-refractivity contribution < 1.29 is 4.74 Å². The molecule has 5 heteroatoms. The van der Waals surface area contributed by atoms with Crippen LogP contribution in [0.4, 0.5) is 5.95 Å². The first-order valence-electron chi connectivity index (χ1n) is 8.71. The molecule has 1 spiro atoms. The van der Waals surface area contributed by atoms with Gasteiger partial charge in [-0.3, -0.25) is 0 Å². The first-order valence-corrected chi connectivity index (χ1v) is 8.71. The van der Waals surface area contributed by atoms with Gasteiger partial charge in [0.15, 0.2) is 0 Å². The maximum atomic E-state index is 5.52. The highest BCUT2D eigenvalue weighted by atomic mass is 16.5. The number of rotatable bonds is 3. The van der Waals surface area contributed by atoms with Crippen molar-refractivity contribution in [1.82, 2.24) is 14.9 Å². The second kappa shape index (κ2) is 6.13. The zero-order valence-electron chi connectivity index (χ0n) is 13.3. The van der Waals surface area contributed by atoms with E-state index in [0.29, 0.717) is 5.54 Å². The molecule has 4 rings (SSSR count).